The van der Waals surface area contributed by atoms with E-state index in [9.17, 15) is 45.6 Å². The molecule has 2 heterocycles. The molecule has 14 nitrogen and oxygen atoms in total. The number of hydrogen-bond donors (Lipinski definition) is 9. The second-order valence-electron chi connectivity index (χ2n) is 14.1. The number of carbonyl (C=O) groups excluding carboxylic acids is 1. The number of ether oxygens (including phenoxy) is 4. The van der Waals surface area contributed by atoms with Gasteiger partial charge in [-0.25, -0.2) is 0 Å². The number of unbranched alkanes of at least 4 members (excludes halogenated alkanes) is 14. The van der Waals surface area contributed by atoms with Crippen molar-refractivity contribution in [2.75, 3.05) is 19.8 Å². The first-order valence-electron chi connectivity index (χ1n) is 19.4. The average Bonchev–Trinajstić information content (AvgIpc) is 3.12. The number of hydrogen-bond acceptors (Lipinski definition) is 13. The molecule has 0 aromatic rings. The van der Waals surface area contributed by atoms with Crippen molar-refractivity contribution in [3.8, 4) is 0 Å². The summed E-state index contributed by atoms with van der Waals surface area (Å²) in [5, 5.41) is 85.8. The molecule has 2 saturated heterocycles. The Hall–Kier alpha value is -1.27. The van der Waals surface area contributed by atoms with Crippen molar-refractivity contribution in [2.24, 2.45) is 0 Å². The van der Waals surface area contributed by atoms with Crippen molar-refractivity contribution in [1.29, 1.82) is 0 Å². The van der Waals surface area contributed by atoms with E-state index in [0.717, 1.165) is 44.9 Å². The van der Waals surface area contributed by atoms with Crippen LogP contribution in [-0.4, -0.2) is 140 Å². The molecule has 9 N–H and O–H groups in total. The highest BCUT2D eigenvalue weighted by molar-refractivity contribution is 5.76. The van der Waals surface area contributed by atoms with Gasteiger partial charge in [-0.1, -0.05) is 109 Å². The van der Waals surface area contributed by atoms with Crippen molar-refractivity contribution in [2.45, 2.75) is 197 Å². The quantitative estimate of drug-likeness (QED) is 0.0433. The fourth-order valence-corrected chi connectivity index (χ4v) is 6.40. The third-order valence-corrected chi connectivity index (χ3v) is 9.72. The molecular weight excluding hydrogens is 666 g/mol. The van der Waals surface area contributed by atoms with Crippen LogP contribution in [0.2, 0.25) is 0 Å². The maximum absolute atomic E-state index is 12.9. The summed E-state index contributed by atoms with van der Waals surface area (Å²) in [6, 6.07) is -0.902. The first-order chi connectivity index (χ1) is 24.6. The summed E-state index contributed by atoms with van der Waals surface area (Å²) in [5.74, 6) is -0.249. The monoisotopic (exact) mass is 735 g/mol. The Morgan fingerprint density at radius 1 is 0.686 bits per heavy atom. The molecule has 0 aromatic carbocycles. The zero-order valence-corrected chi connectivity index (χ0v) is 30.8. The third kappa shape index (κ3) is 16.3. The van der Waals surface area contributed by atoms with Crippen LogP contribution in [0.25, 0.3) is 0 Å². The maximum atomic E-state index is 12.9. The molecular formula is C37H69NO13. The van der Waals surface area contributed by atoms with E-state index in [0.29, 0.717) is 6.42 Å². The molecule has 2 aliphatic rings. The first kappa shape index (κ1) is 45.9. The van der Waals surface area contributed by atoms with Gasteiger partial charge in [0.15, 0.2) is 12.6 Å². The summed E-state index contributed by atoms with van der Waals surface area (Å²) in [6.07, 6.45) is 4.46. The predicted octanol–water partition coefficient (Wildman–Crippen LogP) is 1.70. The van der Waals surface area contributed by atoms with E-state index in [1.165, 1.54) is 51.4 Å². The van der Waals surface area contributed by atoms with Crippen LogP contribution in [0, 0.1) is 0 Å². The maximum Gasteiger partial charge on any atom is 0.220 e. The molecule has 0 radical (unpaired) electrons. The van der Waals surface area contributed by atoms with Crippen LogP contribution in [0.4, 0.5) is 0 Å². The lowest BCUT2D eigenvalue weighted by atomic mass is 9.97. The number of rotatable bonds is 27. The van der Waals surface area contributed by atoms with Crippen LogP contribution in [0.15, 0.2) is 12.2 Å². The van der Waals surface area contributed by atoms with Crippen LogP contribution in [0.1, 0.15) is 123 Å². The number of nitrogens with one attached hydrogen (secondary N) is 1. The summed E-state index contributed by atoms with van der Waals surface area (Å²) >= 11 is 0. The highest BCUT2D eigenvalue weighted by Gasteiger charge is 2.50. The van der Waals surface area contributed by atoms with Crippen LogP contribution in [0.5, 0.6) is 0 Å². The van der Waals surface area contributed by atoms with Gasteiger partial charge in [-0.2, -0.15) is 0 Å². The minimum absolute atomic E-state index is 0.249. The van der Waals surface area contributed by atoms with E-state index < -0.39 is 86.8 Å². The molecule has 0 saturated carbocycles. The van der Waals surface area contributed by atoms with Gasteiger partial charge in [-0.05, 0) is 19.3 Å². The van der Waals surface area contributed by atoms with Crippen molar-refractivity contribution >= 4 is 5.91 Å². The molecule has 2 rings (SSSR count). The smallest absolute Gasteiger partial charge is 0.220 e. The predicted molar refractivity (Wildman–Crippen MR) is 189 cm³/mol. The largest absolute Gasteiger partial charge is 0.394 e. The lowest BCUT2D eigenvalue weighted by Gasteiger charge is -2.46. The standard InChI is InChI=1S/C37H69NO13/c1-3-5-7-9-11-13-15-17-19-21-29(42)38-25(26(41)20-18-16-14-12-10-8-6-4-2)24-48-36-34(47)32(45)35(28(23-40)50-36)51-37-33(46)31(44)30(43)27(22-39)49-37/h18,20,25-28,30-37,39-41,43-47H,3-17,19,21-24H2,1-2H3,(H,38,42)/b20-18+. The van der Waals surface area contributed by atoms with Crippen LogP contribution in [0.3, 0.4) is 0 Å². The third-order valence-electron chi connectivity index (χ3n) is 9.72. The van der Waals surface area contributed by atoms with Gasteiger partial charge in [0.05, 0.1) is 32.0 Å². The van der Waals surface area contributed by atoms with E-state index in [1.54, 1.807) is 6.08 Å². The number of amides is 1. The van der Waals surface area contributed by atoms with Gasteiger partial charge in [0.2, 0.25) is 5.91 Å². The van der Waals surface area contributed by atoms with Gasteiger partial charge in [-0.3, -0.25) is 4.79 Å². The van der Waals surface area contributed by atoms with Crippen LogP contribution < -0.4 is 5.32 Å². The molecule has 2 aliphatic heterocycles. The van der Waals surface area contributed by atoms with E-state index in [-0.39, 0.29) is 18.9 Å². The topological polar surface area (TPSA) is 228 Å². The van der Waals surface area contributed by atoms with Crippen molar-refractivity contribution in [3.63, 3.8) is 0 Å². The fourth-order valence-electron chi connectivity index (χ4n) is 6.40. The molecule has 0 aromatic heterocycles. The summed E-state index contributed by atoms with van der Waals surface area (Å²) in [5.41, 5.74) is 0. The number of aliphatic hydroxyl groups excluding tert-OH is 8. The lowest BCUT2D eigenvalue weighted by Crippen LogP contribution is -2.65. The van der Waals surface area contributed by atoms with Gasteiger partial charge < -0.3 is 65.1 Å². The fraction of sp³-hybridized carbons (Fsp3) is 0.919. The van der Waals surface area contributed by atoms with E-state index in [4.69, 9.17) is 18.9 Å². The Morgan fingerprint density at radius 3 is 1.80 bits per heavy atom. The molecule has 12 unspecified atom stereocenters. The Morgan fingerprint density at radius 2 is 1.22 bits per heavy atom. The molecule has 12 atom stereocenters. The van der Waals surface area contributed by atoms with Crippen molar-refractivity contribution < 1.29 is 64.6 Å². The highest BCUT2D eigenvalue weighted by atomic mass is 16.7. The van der Waals surface area contributed by atoms with Crippen molar-refractivity contribution in [1.82, 2.24) is 5.32 Å². The molecule has 300 valence electrons. The Balaban J connectivity index is 1.98. The number of allylic oxidation sites excluding steroid dienone is 1. The van der Waals surface area contributed by atoms with Gasteiger partial charge in [0.1, 0.15) is 48.8 Å². The molecule has 2 fully saturated rings. The second kappa shape index (κ2) is 26.5. The van der Waals surface area contributed by atoms with Crippen molar-refractivity contribution in [3.05, 3.63) is 12.2 Å². The highest BCUT2D eigenvalue weighted by Crippen LogP contribution is 2.29. The molecule has 1 amide bonds. The molecule has 14 heteroatoms. The van der Waals surface area contributed by atoms with Gasteiger partial charge >= 0.3 is 0 Å². The second-order valence-corrected chi connectivity index (χ2v) is 14.1. The molecule has 51 heavy (non-hydrogen) atoms. The lowest BCUT2D eigenvalue weighted by molar-refractivity contribution is -0.359. The Labute approximate surface area is 304 Å². The normalized spacial score (nSPS) is 31.2. The molecule has 0 bridgehead atoms. The zero-order valence-electron chi connectivity index (χ0n) is 30.8. The van der Waals surface area contributed by atoms with Gasteiger partial charge in [0, 0.05) is 6.42 Å². The number of carbonyl (C=O) groups is 1. The van der Waals surface area contributed by atoms with E-state index in [2.05, 4.69) is 19.2 Å². The van der Waals surface area contributed by atoms with Gasteiger partial charge in [0.25, 0.3) is 0 Å². The molecule has 0 aliphatic carbocycles. The minimum Gasteiger partial charge on any atom is -0.394 e. The minimum atomic E-state index is -1.78. The van der Waals surface area contributed by atoms with E-state index >= 15 is 0 Å². The Bertz CT molecular complexity index is 925. The van der Waals surface area contributed by atoms with Crippen LogP contribution >= 0.6 is 0 Å². The summed E-state index contributed by atoms with van der Waals surface area (Å²) in [4.78, 5) is 12.9. The number of aliphatic hydroxyl groups is 8. The summed E-state index contributed by atoms with van der Waals surface area (Å²) in [7, 11) is 0. The Kier molecular flexibility index (Phi) is 23.8. The summed E-state index contributed by atoms with van der Waals surface area (Å²) in [6.45, 7) is 2.66. The zero-order chi connectivity index (χ0) is 37.6. The molecule has 0 spiro atoms. The SMILES string of the molecule is CCCCCCCC/C=C/C(O)C(COC1OC(CO)C(OC2OC(CO)C(O)C(O)C2O)C(O)C1O)NC(=O)CCCCCCCCCCC. The van der Waals surface area contributed by atoms with E-state index in [1.807, 2.05) is 6.08 Å². The van der Waals surface area contributed by atoms with Gasteiger partial charge in [-0.15, -0.1) is 0 Å². The van der Waals surface area contributed by atoms with Crippen LogP contribution in [-0.2, 0) is 23.7 Å². The summed E-state index contributed by atoms with van der Waals surface area (Å²) < 4.78 is 22.5. The average molecular weight is 736 g/mol. The first-order valence-corrected chi connectivity index (χ1v) is 19.4.